The Morgan fingerprint density at radius 1 is 1.37 bits per heavy atom. The molecule has 0 saturated heterocycles. The molecule has 4 nitrogen and oxygen atoms in total. The molecule has 0 unspecified atom stereocenters. The Hall–Kier alpha value is -1.36. The fraction of sp³-hybridized carbons (Fsp3) is 0.571. The minimum Gasteiger partial charge on any atom is -0.379 e. The first-order chi connectivity index (χ1) is 9.27. The zero-order valence-corrected chi connectivity index (χ0v) is 12.7. The van der Waals surface area contributed by atoms with E-state index < -0.39 is 0 Å². The van der Waals surface area contributed by atoms with Gasteiger partial charge in [-0.05, 0) is 24.8 Å². The van der Waals surface area contributed by atoms with Crippen molar-refractivity contribution in [1.82, 2.24) is 5.32 Å². The number of carbonyl (C=O) groups is 2. The largest absolute Gasteiger partial charge is 0.379 e. The van der Waals surface area contributed by atoms with Gasteiger partial charge in [0, 0.05) is 24.9 Å². The second-order valence-corrected chi connectivity index (χ2v) is 5.13. The van der Waals surface area contributed by atoms with Gasteiger partial charge in [0.15, 0.2) is 0 Å². The Bertz CT molecular complexity index is 441. The molecule has 106 valence electrons. The predicted octanol–water partition coefficient (Wildman–Crippen LogP) is 2.62. The lowest BCUT2D eigenvalue weighted by Crippen LogP contribution is -2.25. The molecule has 19 heavy (non-hydrogen) atoms. The van der Waals surface area contributed by atoms with Crippen LogP contribution in [0, 0.1) is 0 Å². The predicted molar refractivity (Wildman–Crippen MR) is 80.3 cm³/mol. The highest BCUT2D eigenvalue weighted by Crippen LogP contribution is 2.38. The lowest BCUT2D eigenvalue weighted by Gasteiger charge is -2.06. The molecule has 0 atom stereocenters. The Labute approximate surface area is 118 Å². The number of rotatable bonds is 5. The first-order valence-corrected chi connectivity index (χ1v) is 7.63. The lowest BCUT2D eigenvalue weighted by molar-refractivity contribution is -0.107. The van der Waals surface area contributed by atoms with Crippen LogP contribution in [0.2, 0.25) is 0 Å². The van der Waals surface area contributed by atoms with Crippen molar-refractivity contribution < 1.29 is 9.59 Å². The molecule has 2 rings (SSSR count). The van der Waals surface area contributed by atoms with E-state index in [0.29, 0.717) is 13.0 Å². The first-order valence-electron chi connectivity index (χ1n) is 6.82. The van der Waals surface area contributed by atoms with Gasteiger partial charge in [-0.15, -0.1) is 11.3 Å². The van der Waals surface area contributed by atoms with Crippen LogP contribution in [-0.4, -0.2) is 25.8 Å². The summed E-state index contributed by atoms with van der Waals surface area (Å²) in [6, 6.07) is 0. The Morgan fingerprint density at radius 3 is 2.74 bits per heavy atom. The number of hydrogen-bond donors (Lipinski definition) is 2. The van der Waals surface area contributed by atoms with Crippen molar-refractivity contribution in [3.63, 3.8) is 0 Å². The molecular formula is C14H22N2O2S. The van der Waals surface area contributed by atoms with Crippen LogP contribution in [0.15, 0.2) is 0 Å². The zero-order chi connectivity index (χ0) is 14.3. The number of anilines is 1. The van der Waals surface area contributed by atoms with Crippen LogP contribution < -0.4 is 10.6 Å². The molecule has 0 bridgehead atoms. The van der Waals surface area contributed by atoms with Crippen molar-refractivity contribution in [2.75, 3.05) is 18.9 Å². The quantitative estimate of drug-likeness (QED) is 0.645. The van der Waals surface area contributed by atoms with E-state index in [1.807, 2.05) is 20.9 Å². The van der Waals surface area contributed by atoms with Gasteiger partial charge in [0.1, 0.15) is 11.3 Å². The molecule has 0 saturated carbocycles. The summed E-state index contributed by atoms with van der Waals surface area (Å²) in [5, 5.41) is 6.81. The summed E-state index contributed by atoms with van der Waals surface area (Å²) < 4.78 is 0. The number of hydrogen-bond acceptors (Lipinski definition) is 4. The van der Waals surface area contributed by atoms with Gasteiger partial charge >= 0.3 is 0 Å². The molecule has 1 aromatic heterocycles. The lowest BCUT2D eigenvalue weighted by atomic mass is 10.1. The summed E-state index contributed by atoms with van der Waals surface area (Å²) in [5.74, 6) is -0.0596. The Morgan fingerprint density at radius 2 is 2.11 bits per heavy atom. The van der Waals surface area contributed by atoms with Gasteiger partial charge in [-0.3, -0.25) is 4.79 Å². The topological polar surface area (TPSA) is 58.2 Å². The van der Waals surface area contributed by atoms with Gasteiger partial charge in [0.2, 0.25) is 0 Å². The molecule has 0 radical (unpaired) electrons. The number of aryl methyl sites for hydroxylation is 1. The molecule has 1 heterocycles. The number of nitrogens with one attached hydrogen (secondary N) is 2. The van der Waals surface area contributed by atoms with Gasteiger partial charge in [-0.2, -0.15) is 0 Å². The highest BCUT2D eigenvalue weighted by Gasteiger charge is 2.25. The van der Waals surface area contributed by atoms with Gasteiger partial charge in [-0.25, -0.2) is 0 Å². The number of amides is 1. The molecule has 0 aromatic carbocycles. The van der Waals surface area contributed by atoms with Crippen molar-refractivity contribution in [3.8, 4) is 0 Å². The van der Waals surface area contributed by atoms with Crippen LogP contribution in [0.1, 0.15) is 47.5 Å². The molecular weight excluding hydrogens is 260 g/mol. The van der Waals surface area contributed by atoms with E-state index in [1.54, 1.807) is 11.3 Å². The average molecular weight is 282 g/mol. The van der Waals surface area contributed by atoms with Crippen LogP contribution in [0.5, 0.6) is 0 Å². The molecule has 1 amide bonds. The van der Waals surface area contributed by atoms with Gasteiger partial charge in [0.05, 0.1) is 5.56 Å². The average Bonchev–Trinajstić information content (AvgIpc) is 3.00. The van der Waals surface area contributed by atoms with Crippen LogP contribution >= 0.6 is 11.3 Å². The third kappa shape index (κ3) is 3.56. The molecule has 1 aliphatic carbocycles. The maximum atomic E-state index is 12.1. The fourth-order valence-corrected chi connectivity index (χ4v) is 3.39. The summed E-state index contributed by atoms with van der Waals surface area (Å²) in [6.07, 6.45) is 4.39. The Kier molecular flexibility index (Phi) is 6.56. The number of thiophene rings is 1. The van der Waals surface area contributed by atoms with Crippen molar-refractivity contribution in [1.29, 1.82) is 0 Å². The SMILES string of the molecule is CC.CNc1sc2c(c1C(=O)NCCC=O)CCC2. The van der Waals surface area contributed by atoms with Crippen LogP contribution in [0.4, 0.5) is 5.00 Å². The van der Waals surface area contributed by atoms with Gasteiger partial charge in [-0.1, -0.05) is 13.8 Å². The molecule has 1 aliphatic rings. The van der Waals surface area contributed by atoms with Gasteiger partial charge < -0.3 is 15.4 Å². The minimum atomic E-state index is -0.0596. The zero-order valence-electron chi connectivity index (χ0n) is 11.8. The number of fused-ring (bicyclic) bond motifs is 1. The molecule has 1 aromatic rings. The smallest absolute Gasteiger partial charge is 0.254 e. The summed E-state index contributed by atoms with van der Waals surface area (Å²) in [7, 11) is 1.84. The second kappa shape index (κ2) is 7.94. The van der Waals surface area contributed by atoms with E-state index in [0.717, 1.165) is 36.1 Å². The molecule has 2 N–H and O–H groups in total. The summed E-state index contributed by atoms with van der Waals surface area (Å²) >= 11 is 1.67. The van der Waals surface area contributed by atoms with Crippen molar-refractivity contribution in [2.24, 2.45) is 0 Å². The normalized spacial score (nSPS) is 12.2. The second-order valence-electron chi connectivity index (χ2n) is 4.02. The van der Waals surface area contributed by atoms with E-state index in [4.69, 9.17) is 0 Å². The molecule has 5 heteroatoms. The van der Waals surface area contributed by atoms with E-state index in [9.17, 15) is 9.59 Å². The standard InChI is InChI=1S/C12H16N2O2S.C2H6/c1-13-12-10(11(16)14-6-3-7-15)8-4-2-5-9(8)17-12;1-2/h7,13H,2-6H2,1H3,(H,14,16);1-2H3. The van der Waals surface area contributed by atoms with Crippen molar-refractivity contribution >= 4 is 28.5 Å². The third-order valence-corrected chi connectivity index (χ3v) is 4.23. The first kappa shape index (κ1) is 15.7. The van der Waals surface area contributed by atoms with Crippen LogP contribution in [0.3, 0.4) is 0 Å². The van der Waals surface area contributed by atoms with Crippen LogP contribution in [0.25, 0.3) is 0 Å². The summed E-state index contributed by atoms with van der Waals surface area (Å²) in [6.45, 7) is 4.41. The molecule has 0 aliphatic heterocycles. The summed E-state index contributed by atoms with van der Waals surface area (Å²) in [5.41, 5.74) is 1.99. The maximum absolute atomic E-state index is 12.1. The van der Waals surface area contributed by atoms with Gasteiger partial charge in [0.25, 0.3) is 5.91 Å². The molecule has 0 spiro atoms. The fourth-order valence-electron chi connectivity index (χ4n) is 2.15. The van der Waals surface area contributed by atoms with Crippen molar-refractivity contribution in [3.05, 3.63) is 16.0 Å². The third-order valence-electron chi connectivity index (χ3n) is 2.92. The monoisotopic (exact) mass is 282 g/mol. The number of carbonyl (C=O) groups excluding carboxylic acids is 2. The Balaban J connectivity index is 0.000000861. The number of aldehydes is 1. The summed E-state index contributed by atoms with van der Waals surface area (Å²) in [4.78, 5) is 23.6. The van der Waals surface area contributed by atoms with E-state index in [2.05, 4.69) is 10.6 Å². The van der Waals surface area contributed by atoms with Crippen molar-refractivity contribution in [2.45, 2.75) is 39.5 Å². The van der Waals surface area contributed by atoms with E-state index in [1.165, 1.54) is 10.4 Å². The van der Waals surface area contributed by atoms with Crippen LogP contribution in [-0.2, 0) is 17.6 Å². The highest BCUT2D eigenvalue weighted by atomic mass is 32.1. The highest BCUT2D eigenvalue weighted by molar-refractivity contribution is 7.16. The molecule has 0 fully saturated rings. The minimum absolute atomic E-state index is 0.0596. The van der Waals surface area contributed by atoms with E-state index >= 15 is 0 Å². The van der Waals surface area contributed by atoms with E-state index in [-0.39, 0.29) is 5.91 Å². The maximum Gasteiger partial charge on any atom is 0.254 e.